The van der Waals surface area contributed by atoms with Crippen LogP contribution in [0.25, 0.3) is 12.2 Å². The highest BCUT2D eigenvalue weighted by Crippen LogP contribution is 2.27. The van der Waals surface area contributed by atoms with Crippen LogP contribution in [-0.4, -0.2) is 36.0 Å². The molecule has 2 rings (SSSR count). The Morgan fingerprint density at radius 3 is 1.55 bits per heavy atom. The van der Waals surface area contributed by atoms with Crippen molar-refractivity contribution in [3.63, 3.8) is 0 Å². The molecule has 0 aromatic heterocycles. The maximum atomic E-state index is 11.9. The molecule has 0 bridgehead atoms. The molecular formula is C22H27NO6. The Morgan fingerprint density at radius 1 is 0.828 bits per heavy atom. The fourth-order valence-corrected chi connectivity index (χ4v) is 2.26. The van der Waals surface area contributed by atoms with Gasteiger partial charge in [-0.2, -0.15) is 0 Å². The van der Waals surface area contributed by atoms with E-state index >= 15 is 0 Å². The summed E-state index contributed by atoms with van der Waals surface area (Å²) in [4.78, 5) is 23.9. The van der Waals surface area contributed by atoms with Gasteiger partial charge in [-0.15, -0.1) is 0 Å². The minimum absolute atomic E-state index is 0. The standard InChI is InChI=1S/C21H20O6.CH4.H3N/c1-26-20-11-14(5-9-18(20)24)3-7-16(22)13-17(23)8-4-15-6-10-19(25)21(12-15)27-2;;/h3-12,24-25H,13H2,1-2H3;1H4;1H3/b7-3+,8-4+;;. The maximum absolute atomic E-state index is 11.9. The lowest BCUT2D eigenvalue weighted by Gasteiger charge is -2.03. The third-order valence-corrected chi connectivity index (χ3v) is 3.68. The van der Waals surface area contributed by atoms with Crippen LogP contribution in [0.2, 0.25) is 0 Å². The fourth-order valence-electron chi connectivity index (χ4n) is 2.26. The third-order valence-electron chi connectivity index (χ3n) is 3.68. The molecule has 0 heterocycles. The van der Waals surface area contributed by atoms with Gasteiger partial charge in [0.15, 0.2) is 34.6 Å². The lowest BCUT2D eigenvalue weighted by atomic mass is 10.1. The van der Waals surface area contributed by atoms with Crippen molar-refractivity contribution in [1.29, 1.82) is 0 Å². The van der Waals surface area contributed by atoms with E-state index in [4.69, 9.17) is 9.47 Å². The van der Waals surface area contributed by atoms with E-state index < -0.39 is 0 Å². The van der Waals surface area contributed by atoms with Crippen LogP contribution in [0.15, 0.2) is 48.6 Å². The van der Waals surface area contributed by atoms with E-state index in [1.165, 1.54) is 38.5 Å². The number of hydrogen-bond acceptors (Lipinski definition) is 7. The first-order valence-electron chi connectivity index (χ1n) is 8.08. The molecule has 0 aliphatic carbocycles. The molecular weight excluding hydrogens is 374 g/mol. The molecule has 0 aliphatic heterocycles. The van der Waals surface area contributed by atoms with Crippen molar-refractivity contribution in [3.8, 4) is 23.0 Å². The predicted octanol–water partition coefficient (Wildman–Crippen LogP) is 4.17. The number of phenolic OH excluding ortho intramolecular Hbond substituents is 2. The molecule has 7 heteroatoms. The molecule has 0 fully saturated rings. The molecule has 0 unspecified atom stereocenters. The molecule has 29 heavy (non-hydrogen) atoms. The minimum Gasteiger partial charge on any atom is -0.504 e. The van der Waals surface area contributed by atoms with Crippen molar-refractivity contribution in [2.75, 3.05) is 14.2 Å². The van der Waals surface area contributed by atoms with Crippen molar-refractivity contribution in [3.05, 3.63) is 59.7 Å². The number of benzene rings is 2. The van der Waals surface area contributed by atoms with Crippen LogP contribution in [0, 0.1) is 0 Å². The van der Waals surface area contributed by atoms with Gasteiger partial charge in [0, 0.05) is 0 Å². The molecule has 0 spiro atoms. The summed E-state index contributed by atoms with van der Waals surface area (Å²) >= 11 is 0. The van der Waals surface area contributed by atoms with Gasteiger partial charge in [0.05, 0.1) is 20.6 Å². The molecule has 0 aliphatic rings. The Bertz CT molecular complexity index is 829. The van der Waals surface area contributed by atoms with Gasteiger partial charge in [-0.05, 0) is 47.5 Å². The van der Waals surface area contributed by atoms with Crippen LogP contribution in [0.4, 0.5) is 0 Å². The molecule has 0 radical (unpaired) electrons. The summed E-state index contributed by atoms with van der Waals surface area (Å²) in [6.07, 6.45) is 5.44. The zero-order valence-electron chi connectivity index (χ0n) is 15.7. The van der Waals surface area contributed by atoms with E-state index in [-0.39, 0.29) is 43.1 Å². The van der Waals surface area contributed by atoms with Gasteiger partial charge in [0.1, 0.15) is 0 Å². The summed E-state index contributed by atoms with van der Waals surface area (Å²) < 4.78 is 10.00. The summed E-state index contributed by atoms with van der Waals surface area (Å²) in [6.45, 7) is 0. The normalized spacial score (nSPS) is 10.3. The van der Waals surface area contributed by atoms with Crippen molar-refractivity contribution in [1.82, 2.24) is 6.15 Å². The lowest BCUT2D eigenvalue weighted by Crippen LogP contribution is -2.01. The Morgan fingerprint density at radius 2 is 1.21 bits per heavy atom. The van der Waals surface area contributed by atoms with Gasteiger partial charge >= 0.3 is 0 Å². The number of aromatic hydroxyl groups is 2. The number of rotatable bonds is 8. The van der Waals surface area contributed by atoms with E-state index in [0.717, 1.165) is 0 Å². The quantitative estimate of drug-likeness (QED) is 0.447. The first kappa shape index (κ1) is 25.4. The summed E-state index contributed by atoms with van der Waals surface area (Å²) in [6, 6.07) is 9.34. The van der Waals surface area contributed by atoms with Crippen LogP contribution < -0.4 is 15.6 Å². The van der Waals surface area contributed by atoms with E-state index in [2.05, 4.69) is 0 Å². The van der Waals surface area contributed by atoms with Crippen LogP contribution in [-0.2, 0) is 9.59 Å². The molecule has 0 saturated heterocycles. The Hall–Kier alpha value is -3.58. The Balaban J connectivity index is 0.00000392. The highest BCUT2D eigenvalue weighted by atomic mass is 16.5. The number of methoxy groups -OCH3 is 2. The topological polar surface area (TPSA) is 128 Å². The smallest absolute Gasteiger partial charge is 0.163 e. The number of carbonyl (C=O) groups excluding carboxylic acids is 2. The van der Waals surface area contributed by atoms with E-state index in [1.54, 1.807) is 36.4 Å². The number of phenols is 2. The van der Waals surface area contributed by atoms with Crippen LogP contribution in [0.1, 0.15) is 25.0 Å². The van der Waals surface area contributed by atoms with Crippen molar-refractivity contribution < 1.29 is 29.3 Å². The van der Waals surface area contributed by atoms with Gasteiger partial charge < -0.3 is 25.8 Å². The average molecular weight is 401 g/mol. The summed E-state index contributed by atoms with van der Waals surface area (Å²) in [5, 5.41) is 19.1. The van der Waals surface area contributed by atoms with E-state index in [0.29, 0.717) is 22.6 Å². The molecule has 0 saturated carbocycles. The summed E-state index contributed by atoms with van der Waals surface area (Å²) in [5.74, 6) is -0.0832. The maximum Gasteiger partial charge on any atom is 0.163 e. The third kappa shape index (κ3) is 7.51. The van der Waals surface area contributed by atoms with Gasteiger partial charge in [0.2, 0.25) is 0 Å². The van der Waals surface area contributed by atoms with Gasteiger partial charge in [-0.3, -0.25) is 9.59 Å². The minimum atomic E-state index is -0.347. The molecule has 5 N–H and O–H groups in total. The van der Waals surface area contributed by atoms with Crippen molar-refractivity contribution in [2.24, 2.45) is 0 Å². The second-order valence-electron chi connectivity index (χ2n) is 5.64. The Kier molecular flexibility index (Phi) is 10.5. The summed E-state index contributed by atoms with van der Waals surface area (Å²) in [7, 11) is 2.87. The van der Waals surface area contributed by atoms with Gasteiger partial charge in [-0.25, -0.2) is 0 Å². The average Bonchev–Trinajstić information content (AvgIpc) is 2.66. The molecule has 7 nitrogen and oxygen atoms in total. The molecule has 0 amide bonds. The second kappa shape index (κ2) is 12.0. The van der Waals surface area contributed by atoms with E-state index in [9.17, 15) is 19.8 Å². The van der Waals surface area contributed by atoms with Crippen molar-refractivity contribution >= 4 is 23.7 Å². The highest BCUT2D eigenvalue weighted by Gasteiger charge is 2.06. The van der Waals surface area contributed by atoms with E-state index in [1.807, 2.05) is 0 Å². The monoisotopic (exact) mass is 401 g/mol. The Labute approximate surface area is 170 Å². The van der Waals surface area contributed by atoms with Crippen LogP contribution in [0.3, 0.4) is 0 Å². The lowest BCUT2D eigenvalue weighted by molar-refractivity contribution is -0.121. The SMILES string of the molecule is C.COc1cc(/C=C/C(=O)CC(=O)/C=C/c2ccc(O)c(OC)c2)ccc1O.N. The number of ether oxygens (including phenoxy) is 2. The zero-order valence-corrected chi connectivity index (χ0v) is 15.7. The zero-order chi connectivity index (χ0) is 19.8. The van der Waals surface area contributed by atoms with Crippen molar-refractivity contribution in [2.45, 2.75) is 13.8 Å². The molecule has 2 aromatic carbocycles. The second-order valence-corrected chi connectivity index (χ2v) is 5.64. The summed E-state index contributed by atoms with van der Waals surface area (Å²) in [5.41, 5.74) is 1.33. The molecule has 156 valence electrons. The predicted molar refractivity (Wildman–Crippen MR) is 114 cm³/mol. The number of allylic oxidation sites excluding steroid dienone is 2. The fraction of sp³-hybridized carbons (Fsp3) is 0.182. The van der Waals surface area contributed by atoms with Gasteiger partial charge in [-0.1, -0.05) is 31.7 Å². The molecule has 2 aromatic rings. The molecule has 0 atom stereocenters. The number of ketones is 2. The van der Waals surface area contributed by atoms with Gasteiger partial charge in [0.25, 0.3) is 0 Å². The number of carbonyl (C=O) groups is 2. The van der Waals surface area contributed by atoms with Crippen LogP contribution >= 0.6 is 0 Å². The first-order valence-corrected chi connectivity index (χ1v) is 8.08. The van der Waals surface area contributed by atoms with Crippen LogP contribution in [0.5, 0.6) is 23.0 Å². The largest absolute Gasteiger partial charge is 0.504 e. The first-order chi connectivity index (χ1) is 12.9. The number of hydrogen-bond donors (Lipinski definition) is 3. The highest BCUT2D eigenvalue weighted by molar-refractivity contribution is 6.10.